The second-order valence-corrected chi connectivity index (χ2v) is 5.59. The van der Waals surface area contributed by atoms with Crippen LogP contribution >= 0.6 is 11.3 Å². The lowest BCUT2D eigenvalue weighted by Crippen LogP contribution is -2.11. The predicted octanol–water partition coefficient (Wildman–Crippen LogP) is 4.21. The Labute approximate surface area is 136 Å². The first-order chi connectivity index (χ1) is 11.2. The average molecular weight is 328 g/mol. The summed E-state index contributed by atoms with van der Waals surface area (Å²) < 4.78 is 18.3. The summed E-state index contributed by atoms with van der Waals surface area (Å²) in [6.07, 6.45) is 0. The molecule has 0 unspecified atom stereocenters. The molecule has 1 N–H and O–H groups in total. The van der Waals surface area contributed by atoms with E-state index < -0.39 is 5.82 Å². The fourth-order valence-electron chi connectivity index (χ4n) is 2.02. The number of rotatable bonds is 4. The lowest BCUT2D eigenvalue weighted by Gasteiger charge is -2.02. The van der Waals surface area contributed by atoms with Gasteiger partial charge in [-0.2, -0.15) is 0 Å². The van der Waals surface area contributed by atoms with Crippen LogP contribution in [0.15, 0.2) is 53.9 Å². The molecule has 0 bridgehead atoms. The minimum absolute atomic E-state index is 0.256. The average Bonchev–Trinajstić information content (AvgIpc) is 3.03. The van der Waals surface area contributed by atoms with Crippen LogP contribution in [0.1, 0.15) is 10.4 Å². The molecule has 0 saturated carbocycles. The Kier molecular flexibility index (Phi) is 4.34. The largest absolute Gasteiger partial charge is 0.497 e. The molecule has 0 radical (unpaired) electrons. The SMILES string of the molecule is COc1ccc(-c2csc(NC(=O)c3cccc(F)c3)n2)cc1. The molecule has 1 amide bonds. The van der Waals surface area contributed by atoms with Gasteiger partial charge in [0.05, 0.1) is 12.8 Å². The van der Waals surface area contributed by atoms with Gasteiger partial charge < -0.3 is 4.74 Å². The van der Waals surface area contributed by atoms with Crippen LogP contribution in [0.5, 0.6) is 5.75 Å². The summed E-state index contributed by atoms with van der Waals surface area (Å²) >= 11 is 1.31. The number of hydrogen-bond donors (Lipinski definition) is 1. The van der Waals surface area contributed by atoms with Crippen molar-refractivity contribution in [2.24, 2.45) is 0 Å². The normalized spacial score (nSPS) is 10.3. The number of halogens is 1. The Morgan fingerprint density at radius 3 is 2.70 bits per heavy atom. The van der Waals surface area contributed by atoms with Gasteiger partial charge in [0.2, 0.25) is 0 Å². The molecular formula is C17H13FN2O2S. The van der Waals surface area contributed by atoms with E-state index in [0.29, 0.717) is 5.13 Å². The van der Waals surface area contributed by atoms with Gasteiger partial charge in [-0.25, -0.2) is 9.37 Å². The molecule has 0 atom stereocenters. The van der Waals surface area contributed by atoms with Crippen molar-refractivity contribution in [2.45, 2.75) is 0 Å². The first-order valence-electron chi connectivity index (χ1n) is 6.82. The van der Waals surface area contributed by atoms with Crippen molar-refractivity contribution in [3.05, 3.63) is 65.3 Å². The maximum atomic E-state index is 13.2. The third kappa shape index (κ3) is 3.54. The molecule has 0 aliphatic rings. The zero-order chi connectivity index (χ0) is 16.2. The number of hydrogen-bond acceptors (Lipinski definition) is 4. The van der Waals surface area contributed by atoms with Crippen molar-refractivity contribution < 1.29 is 13.9 Å². The third-order valence-electron chi connectivity index (χ3n) is 3.20. The molecule has 4 nitrogen and oxygen atoms in total. The summed E-state index contributed by atoms with van der Waals surface area (Å²) in [7, 11) is 1.61. The van der Waals surface area contributed by atoms with Crippen molar-refractivity contribution >= 4 is 22.4 Å². The van der Waals surface area contributed by atoms with Crippen LogP contribution in [-0.4, -0.2) is 18.0 Å². The number of carbonyl (C=O) groups excluding carboxylic acids is 1. The zero-order valence-electron chi connectivity index (χ0n) is 12.2. The van der Waals surface area contributed by atoms with Gasteiger partial charge in [0, 0.05) is 16.5 Å². The molecule has 23 heavy (non-hydrogen) atoms. The molecular weight excluding hydrogens is 315 g/mol. The summed E-state index contributed by atoms with van der Waals surface area (Å²) in [4.78, 5) is 16.4. The molecule has 0 saturated heterocycles. The Bertz CT molecular complexity index is 831. The van der Waals surface area contributed by atoms with Crippen molar-refractivity contribution in [1.82, 2.24) is 4.98 Å². The molecule has 1 heterocycles. The Morgan fingerprint density at radius 1 is 1.22 bits per heavy atom. The van der Waals surface area contributed by atoms with Crippen LogP contribution < -0.4 is 10.1 Å². The number of amides is 1. The highest BCUT2D eigenvalue weighted by molar-refractivity contribution is 7.14. The molecule has 2 aromatic carbocycles. The second-order valence-electron chi connectivity index (χ2n) is 4.73. The van der Waals surface area contributed by atoms with E-state index >= 15 is 0 Å². The first kappa shape index (κ1) is 15.2. The van der Waals surface area contributed by atoms with E-state index in [1.807, 2.05) is 29.6 Å². The van der Waals surface area contributed by atoms with Crippen LogP contribution in [-0.2, 0) is 0 Å². The molecule has 0 aliphatic heterocycles. The monoisotopic (exact) mass is 328 g/mol. The summed E-state index contributed by atoms with van der Waals surface area (Å²) in [6, 6.07) is 13.0. The second kappa shape index (κ2) is 6.58. The fraction of sp³-hybridized carbons (Fsp3) is 0.0588. The standard InChI is InChI=1S/C17H13FN2O2S/c1-22-14-7-5-11(6-8-14)15-10-23-17(19-15)20-16(21)12-3-2-4-13(18)9-12/h2-10H,1H3,(H,19,20,21). The van der Waals surface area contributed by atoms with Gasteiger partial charge in [0.1, 0.15) is 11.6 Å². The highest BCUT2D eigenvalue weighted by atomic mass is 32.1. The molecule has 0 spiro atoms. The van der Waals surface area contributed by atoms with E-state index in [4.69, 9.17) is 4.74 Å². The van der Waals surface area contributed by atoms with Crippen LogP contribution in [0.2, 0.25) is 0 Å². The highest BCUT2D eigenvalue weighted by Crippen LogP contribution is 2.26. The van der Waals surface area contributed by atoms with E-state index in [9.17, 15) is 9.18 Å². The summed E-state index contributed by atoms with van der Waals surface area (Å²) in [5, 5.41) is 4.99. The third-order valence-corrected chi connectivity index (χ3v) is 3.95. The number of ether oxygens (including phenoxy) is 1. The minimum atomic E-state index is -0.448. The number of nitrogens with one attached hydrogen (secondary N) is 1. The number of thiazole rings is 1. The van der Waals surface area contributed by atoms with E-state index in [2.05, 4.69) is 10.3 Å². The van der Waals surface area contributed by atoms with Gasteiger partial charge in [-0.15, -0.1) is 11.3 Å². The van der Waals surface area contributed by atoms with Crippen molar-refractivity contribution in [1.29, 1.82) is 0 Å². The molecule has 6 heteroatoms. The summed E-state index contributed by atoms with van der Waals surface area (Å²) in [5.41, 5.74) is 1.94. The quantitative estimate of drug-likeness (QED) is 0.780. The topological polar surface area (TPSA) is 51.2 Å². The van der Waals surface area contributed by atoms with Gasteiger partial charge in [0.25, 0.3) is 5.91 Å². The van der Waals surface area contributed by atoms with Crippen LogP contribution in [0, 0.1) is 5.82 Å². The van der Waals surface area contributed by atoms with Gasteiger partial charge in [-0.1, -0.05) is 6.07 Å². The number of carbonyl (C=O) groups is 1. The number of aromatic nitrogens is 1. The van der Waals surface area contributed by atoms with Crippen LogP contribution in [0.25, 0.3) is 11.3 Å². The summed E-state index contributed by atoms with van der Waals surface area (Å²) in [6.45, 7) is 0. The lowest BCUT2D eigenvalue weighted by atomic mass is 10.2. The van der Waals surface area contributed by atoms with Gasteiger partial charge in [-0.3, -0.25) is 10.1 Å². The van der Waals surface area contributed by atoms with E-state index in [1.54, 1.807) is 13.2 Å². The van der Waals surface area contributed by atoms with Crippen molar-refractivity contribution in [2.75, 3.05) is 12.4 Å². The predicted molar refractivity (Wildman–Crippen MR) is 88.5 cm³/mol. The van der Waals surface area contributed by atoms with Crippen LogP contribution in [0.3, 0.4) is 0 Å². The molecule has 0 fully saturated rings. The molecule has 0 aliphatic carbocycles. The maximum Gasteiger partial charge on any atom is 0.257 e. The van der Waals surface area contributed by atoms with Gasteiger partial charge >= 0.3 is 0 Å². The van der Waals surface area contributed by atoms with E-state index in [1.165, 1.54) is 29.5 Å². The first-order valence-corrected chi connectivity index (χ1v) is 7.70. The molecule has 1 aromatic heterocycles. The maximum absolute atomic E-state index is 13.2. The molecule has 3 rings (SSSR count). The lowest BCUT2D eigenvalue weighted by molar-refractivity contribution is 0.102. The molecule has 116 valence electrons. The Balaban J connectivity index is 1.75. The number of benzene rings is 2. The smallest absolute Gasteiger partial charge is 0.257 e. The Hall–Kier alpha value is -2.73. The van der Waals surface area contributed by atoms with Crippen LogP contribution in [0.4, 0.5) is 9.52 Å². The number of anilines is 1. The fourth-order valence-corrected chi connectivity index (χ4v) is 2.74. The van der Waals surface area contributed by atoms with E-state index in [-0.39, 0.29) is 11.5 Å². The van der Waals surface area contributed by atoms with E-state index in [0.717, 1.165) is 17.0 Å². The number of methoxy groups -OCH3 is 1. The van der Waals surface area contributed by atoms with Gasteiger partial charge in [0.15, 0.2) is 5.13 Å². The summed E-state index contributed by atoms with van der Waals surface area (Å²) in [5.74, 6) is -0.0700. The Morgan fingerprint density at radius 2 is 2.00 bits per heavy atom. The number of nitrogens with zero attached hydrogens (tertiary/aromatic N) is 1. The zero-order valence-corrected chi connectivity index (χ0v) is 13.1. The van der Waals surface area contributed by atoms with Crippen molar-refractivity contribution in [3.8, 4) is 17.0 Å². The van der Waals surface area contributed by atoms with Gasteiger partial charge in [-0.05, 0) is 42.5 Å². The molecule has 3 aromatic rings. The van der Waals surface area contributed by atoms with Crippen molar-refractivity contribution in [3.63, 3.8) is 0 Å². The minimum Gasteiger partial charge on any atom is -0.497 e. The highest BCUT2D eigenvalue weighted by Gasteiger charge is 2.10.